The molecule has 0 aliphatic heterocycles. The van der Waals surface area contributed by atoms with E-state index in [-0.39, 0.29) is 5.97 Å². The van der Waals surface area contributed by atoms with Gasteiger partial charge in [0.2, 0.25) is 0 Å². The number of ether oxygens (including phenoxy) is 1. The van der Waals surface area contributed by atoms with Crippen LogP contribution in [-0.4, -0.2) is 12.6 Å². The van der Waals surface area contributed by atoms with Gasteiger partial charge in [-0.2, -0.15) is 0 Å². The van der Waals surface area contributed by atoms with Crippen LogP contribution >= 0.6 is 0 Å². The molecule has 0 aromatic heterocycles. The maximum Gasteiger partial charge on any atom is 0.305 e. The molecule has 0 aliphatic rings. The number of carbonyl (C=O) groups is 1. The maximum atomic E-state index is 11.6. The van der Waals surface area contributed by atoms with Gasteiger partial charge in [-0.1, -0.05) is 97.8 Å². The molecule has 0 aliphatic carbocycles. The van der Waals surface area contributed by atoms with Gasteiger partial charge in [0.15, 0.2) is 0 Å². The van der Waals surface area contributed by atoms with Crippen LogP contribution in [-0.2, 0) is 9.53 Å². The minimum Gasteiger partial charge on any atom is -0.465 e. The van der Waals surface area contributed by atoms with E-state index < -0.39 is 0 Å². The van der Waals surface area contributed by atoms with Crippen molar-refractivity contribution >= 4 is 5.97 Å². The molecule has 1 unspecified atom stereocenters. The molecule has 144 valence electrons. The van der Waals surface area contributed by atoms with E-state index in [1.807, 2.05) is 0 Å². The fourth-order valence-electron chi connectivity index (χ4n) is 3.24. The van der Waals surface area contributed by atoms with Crippen LogP contribution in [0.4, 0.5) is 0 Å². The van der Waals surface area contributed by atoms with E-state index in [9.17, 15) is 4.79 Å². The van der Waals surface area contributed by atoms with Crippen LogP contribution in [0.5, 0.6) is 0 Å². The zero-order valence-corrected chi connectivity index (χ0v) is 16.9. The molecule has 24 heavy (non-hydrogen) atoms. The first-order chi connectivity index (χ1) is 11.7. The maximum absolute atomic E-state index is 11.6. The van der Waals surface area contributed by atoms with Gasteiger partial charge in [0, 0.05) is 6.42 Å². The number of hydrogen-bond acceptors (Lipinski definition) is 2. The molecular weight excluding hydrogens is 296 g/mol. The Hall–Kier alpha value is -0.530. The Kier molecular flexibility index (Phi) is 18.4. The summed E-state index contributed by atoms with van der Waals surface area (Å²) in [4.78, 5) is 11.6. The first kappa shape index (κ1) is 23.5. The van der Waals surface area contributed by atoms with E-state index in [4.69, 9.17) is 4.74 Å². The highest BCUT2D eigenvalue weighted by Crippen LogP contribution is 2.18. The molecule has 0 saturated heterocycles. The quantitative estimate of drug-likeness (QED) is 0.191. The Morgan fingerprint density at radius 3 is 1.75 bits per heavy atom. The first-order valence-corrected chi connectivity index (χ1v) is 10.9. The SMILES string of the molecule is CCCCCCCCCCCCC(CCC)COC(=O)CCCC. The van der Waals surface area contributed by atoms with Crippen LogP contribution in [0.1, 0.15) is 124 Å². The number of rotatable bonds is 18. The van der Waals surface area contributed by atoms with Crippen LogP contribution in [0, 0.1) is 5.92 Å². The Labute approximate surface area is 152 Å². The Morgan fingerprint density at radius 1 is 0.667 bits per heavy atom. The molecule has 0 spiro atoms. The highest BCUT2D eigenvalue weighted by atomic mass is 16.5. The van der Waals surface area contributed by atoms with Crippen molar-refractivity contribution in [3.05, 3.63) is 0 Å². The van der Waals surface area contributed by atoms with Crippen molar-refractivity contribution in [3.63, 3.8) is 0 Å². The lowest BCUT2D eigenvalue weighted by Gasteiger charge is -2.16. The third-order valence-electron chi connectivity index (χ3n) is 4.88. The molecule has 0 N–H and O–H groups in total. The number of carbonyl (C=O) groups excluding carboxylic acids is 1. The lowest BCUT2D eigenvalue weighted by atomic mass is 9.96. The van der Waals surface area contributed by atoms with Crippen molar-refractivity contribution in [1.82, 2.24) is 0 Å². The van der Waals surface area contributed by atoms with E-state index in [1.165, 1.54) is 83.5 Å². The Balaban J connectivity index is 3.55. The molecular formula is C22H44O2. The van der Waals surface area contributed by atoms with E-state index >= 15 is 0 Å². The van der Waals surface area contributed by atoms with Crippen molar-refractivity contribution < 1.29 is 9.53 Å². The summed E-state index contributed by atoms with van der Waals surface area (Å²) in [5.41, 5.74) is 0. The lowest BCUT2D eigenvalue weighted by molar-refractivity contribution is -0.145. The van der Waals surface area contributed by atoms with Crippen molar-refractivity contribution in [3.8, 4) is 0 Å². The van der Waals surface area contributed by atoms with Gasteiger partial charge in [-0.05, 0) is 25.2 Å². The third-order valence-corrected chi connectivity index (χ3v) is 4.88. The first-order valence-electron chi connectivity index (χ1n) is 10.9. The van der Waals surface area contributed by atoms with Gasteiger partial charge in [0.05, 0.1) is 6.61 Å². The second-order valence-corrected chi connectivity index (χ2v) is 7.41. The number of unbranched alkanes of at least 4 members (excludes halogenated alkanes) is 10. The summed E-state index contributed by atoms with van der Waals surface area (Å²) >= 11 is 0. The summed E-state index contributed by atoms with van der Waals surface area (Å²) in [5, 5.41) is 0. The molecule has 2 heteroatoms. The zero-order valence-electron chi connectivity index (χ0n) is 16.9. The molecule has 0 heterocycles. The van der Waals surface area contributed by atoms with E-state index in [1.54, 1.807) is 0 Å². The molecule has 0 radical (unpaired) electrons. The highest BCUT2D eigenvalue weighted by molar-refractivity contribution is 5.69. The lowest BCUT2D eigenvalue weighted by Crippen LogP contribution is -2.14. The van der Waals surface area contributed by atoms with Gasteiger partial charge in [-0.25, -0.2) is 0 Å². The number of hydrogen-bond donors (Lipinski definition) is 0. The second-order valence-electron chi connectivity index (χ2n) is 7.41. The van der Waals surface area contributed by atoms with Gasteiger partial charge in [0.25, 0.3) is 0 Å². The van der Waals surface area contributed by atoms with Crippen LogP contribution in [0.15, 0.2) is 0 Å². The molecule has 0 amide bonds. The average molecular weight is 341 g/mol. The van der Waals surface area contributed by atoms with Crippen molar-refractivity contribution in [1.29, 1.82) is 0 Å². The van der Waals surface area contributed by atoms with Crippen LogP contribution in [0.3, 0.4) is 0 Å². The van der Waals surface area contributed by atoms with Gasteiger partial charge in [-0.3, -0.25) is 4.79 Å². The molecule has 0 aromatic rings. The number of esters is 1. The van der Waals surface area contributed by atoms with E-state index in [0.29, 0.717) is 18.9 Å². The average Bonchev–Trinajstić information content (AvgIpc) is 2.59. The van der Waals surface area contributed by atoms with Crippen LogP contribution in [0.2, 0.25) is 0 Å². The van der Waals surface area contributed by atoms with E-state index in [0.717, 1.165) is 12.8 Å². The molecule has 2 nitrogen and oxygen atoms in total. The summed E-state index contributed by atoms with van der Waals surface area (Å²) in [6.07, 6.45) is 20.1. The molecule has 0 fully saturated rings. The molecule has 0 saturated carbocycles. The topological polar surface area (TPSA) is 26.3 Å². The monoisotopic (exact) mass is 340 g/mol. The summed E-state index contributed by atoms with van der Waals surface area (Å²) in [6.45, 7) is 7.26. The van der Waals surface area contributed by atoms with E-state index in [2.05, 4.69) is 20.8 Å². The smallest absolute Gasteiger partial charge is 0.305 e. The zero-order chi connectivity index (χ0) is 17.9. The molecule has 0 aromatic carbocycles. The molecule has 1 atom stereocenters. The summed E-state index contributed by atoms with van der Waals surface area (Å²) in [7, 11) is 0. The van der Waals surface area contributed by atoms with Crippen molar-refractivity contribution in [2.24, 2.45) is 5.92 Å². The second kappa shape index (κ2) is 18.8. The van der Waals surface area contributed by atoms with Gasteiger partial charge in [-0.15, -0.1) is 0 Å². The molecule has 0 rings (SSSR count). The normalized spacial score (nSPS) is 12.3. The van der Waals surface area contributed by atoms with Crippen LogP contribution < -0.4 is 0 Å². The van der Waals surface area contributed by atoms with Gasteiger partial charge < -0.3 is 4.74 Å². The van der Waals surface area contributed by atoms with Crippen molar-refractivity contribution in [2.75, 3.05) is 6.61 Å². The minimum atomic E-state index is 0.000950. The highest BCUT2D eigenvalue weighted by Gasteiger charge is 2.11. The Morgan fingerprint density at radius 2 is 1.21 bits per heavy atom. The minimum absolute atomic E-state index is 0.000950. The van der Waals surface area contributed by atoms with Gasteiger partial charge >= 0.3 is 5.97 Å². The summed E-state index contributed by atoms with van der Waals surface area (Å²) in [6, 6.07) is 0. The summed E-state index contributed by atoms with van der Waals surface area (Å²) in [5.74, 6) is 0.579. The van der Waals surface area contributed by atoms with Crippen LogP contribution in [0.25, 0.3) is 0 Å². The molecule has 0 bridgehead atoms. The largest absolute Gasteiger partial charge is 0.465 e. The van der Waals surface area contributed by atoms with Crippen molar-refractivity contribution in [2.45, 2.75) is 124 Å². The van der Waals surface area contributed by atoms with Gasteiger partial charge in [0.1, 0.15) is 0 Å². The Bertz CT molecular complexity index is 263. The summed E-state index contributed by atoms with van der Waals surface area (Å²) < 4.78 is 5.46. The predicted octanol–water partition coefficient (Wildman–Crippen LogP) is 7.45. The fourth-order valence-corrected chi connectivity index (χ4v) is 3.24. The fraction of sp³-hybridized carbons (Fsp3) is 0.955. The standard InChI is InChI=1S/C22H44O2/c1-4-7-9-10-11-12-13-14-15-16-18-21(17-6-3)20-24-22(23)19-8-5-2/h21H,4-20H2,1-3H3. The third kappa shape index (κ3) is 16.3. The predicted molar refractivity (Wildman–Crippen MR) is 105 cm³/mol.